The van der Waals surface area contributed by atoms with Crippen LogP contribution in [0.5, 0.6) is 0 Å². The molecule has 2 aromatic heterocycles. The van der Waals surface area contributed by atoms with Gasteiger partial charge in [0.15, 0.2) is 5.82 Å². The van der Waals surface area contributed by atoms with Crippen LogP contribution in [-0.4, -0.2) is 10.2 Å². The van der Waals surface area contributed by atoms with Gasteiger partial charge in [0.05, 0.1) is 5.56 Å². The lowest BCUT2D eigenvalue weighted by Gasteiger charge is -2.03. The van der Waals surface area contributed by atoms with E-state index < -0.39 is 11.6 Å². The fourth-order valence-electron chi connectivity index (χ4n) is 2.15. The summed E-state index contributed by atoms with van der Waals surface area (Å²) >= 11 is 0. The Morgan fingerprint density at radius 1 is 1.15 bits per heavy atom. The lowest BCUT2D eigenvalue weighted by molar-refractivity contribution is 0.102. The van der Waals surface area contributed by atoms with Crippen LogP contribution in [0.25, 0.3) is 5.52 Å². The minimum absolute atomic E-state index is 0.0525. The molecule has 0 fully saturated rings. The second-order valence-electron chi connectivity index (χ2n) is 4.36. The van der Waals surface area contributed by atoms with Crippen molar-refractivity contribution < 1.29 is 9.18 Å². The van der Waals surface area contributed by atoms with E-state index in [9.17, 15) is 9.18 Å². The Morgan fingerprint density at radius 3 is 2.60 bits per heavy atom. The zero-order chi connectivity index (χ0) is 14.1. The van der Waals surface area contributed by atoms with Crippen molar-refractivity contribution in [1.82, 2.24) is 4.40 Å². The van der Waals surface area contributed by atoms with Crippen LogP contribution in [-0.2, 0) is 0 Å². The van der Waals surface area contributed by atoms with Gasteiger partial charge in [-0.25, -0.2) is 4.39 Å². The molecule has 0 bridgehead atoms. The highest BCUT2D eigenvalue weighted by Crippen LogP contribution is 2.19. The van der Waals surface area contributed by atoms with Crippen LogP contribution in [0.15, 0.2) is 54.7 Å². The molecular weight excluding hydrogens is 255 g/mol. The van der Waals surface area contributed by atoms with Gasteiger partial charge >= 0.3 is 0 Å². The Kier molecular flexibility index (Phi) is 2.81. The molecule has 96 valence electrons. The average Bonchev–Trinajstić information content (AvgIpc) is 2.82. The quantitative estimate of drug-likeness (QED) is 0.667. The van der Waals surface area contributed by atoms with Crippen LogP contribution in [0, 0.1) is 17.1 Å². The Balaban J connectivity index is 2.23. The van der Waals surface area contributed by atoms with Gasteiger partial charge in [0, 0.05) is 23.3 Å². The number of carbonyl (C=O) groups excluding carboxylic acids is 1. The first kappa shape index (κ1) is 12.1. The third-order valence-electron chi connectivity index (χ3n) is 3.10. The maximum Gasteiger partial charge on any atom is 0.212 e. The van der Waals surface area contributed by atoms with Gasteiger partial charge in [-0.05, 0) is 12.1 Å². The van der Waals surface area contributed by atoms with E-state index in [-0.39, 0.29) is 5.69 Å². The predicted molar refractivity (Wildman–Crippen MR) is 71.9 cm³/mol. The van der Waals surface area contributed by atoms with Gasteiger partial charge in [0.2, 0.25) is 5.78 Å². The van der Waals surface area contributed by atoms with Crippen molar-refractivity contribution in [3.05, 3.63) is 77.4 Å². The van der Waals surface area contributed by atoms with Crippen molar-refractivity contribution >= 4 is 11.3 Å². The van der Waals surface area contributed by atoms with E-state index in [0.717, 1.165) is 0 Å². The maximum absolute atomic E-state index is 14.1. The molecule has 0 saturated heterocycles. The molecule has 0 aliphatic heterocycles. The zero-order valence-electron chi connectivity index (χ0n) is 10.4. The summed E-state index contributed by atoms with van der Waals surface area (Å²) in [4.78, 5) is 12.4. The van der Waals surface area contributed by atoms with E-state index in [1.165, 1.54) is 16.7 Å². The molecular formula is C16H9FN2O. The van der Waals surface area contributed by atoms with Gasteiger partial charge in [-0.3, -0.25) is 4.79 Å². The van der Waals surface area contributed by atoms with E-state index >= 15 is 0 Å². The fraction of sp³-hybridized carbons (Fsp3) is 0. The number of ketones is 1. The van der Waals surface area contributed by atoms with Crippen molar-refractivity contribution in [3.8, 4) is 6.07 Å². The lowest BCUT2D eigenvalue weighted by atomic mass is 10.1. The summed E-state index contributed by atoms with van der Waals surface area (Å²) in [7, 11) is 0. The molecule has 0 radical (unpaired) electrons. The molecule has 4 heteroatoms. The maximum atomic E-state index is 14.1. The number of fused-ring (bicyclic) bond motifs is 1. The molecule has 3 rings (SSSR count). The van der Waals surface area contributed by atoms with Crippen LogP contribution < -0.4 is 0 Å². The van der Waals surface area contributed by atoms with Gasteiger partial charge in [-0.15, -0.1) is 0 Å². The summed E-state index contributed by atoms with van der Waals surface area (Å²) in [5.41, 5.74) is 1.27. The number of nitriles is 1. The van der Waals surface area contributed by atoms with E-state index in [1.807, 2.05) is 6.07 Å². The Bertz CT molecular complexity index is 844. The van der Waals surface area contributed by atoms with E-state index in [2.05, 4.69) is 0 Å². The van der Waals surface area contributed by atoms with Crippen molar-refractivity contribution in [1.29, 1.82) is 5.26 Å². The van der Waals surface area contributed by atoms with Crippen molar-refractivity contribution in [2.45, 2.75) is 0 Å². The average molecular weight is 264 g/mol. The molecule has 0 N–H and O–H groups in total. The Hall–Kier alpha value is -2.93. The van der Waals surface area contributed by atoms with Crippen LogP contribution in [0.4, 0.5) is 4.39 Å². The summed E-state index contributed by atoms with van der Waals surface area (Å²) in [5.74, 6) is -0.993. The molecule has 3 nitrogen and oxygen atoms in total. The van der Waals surface area contributed by atoms with Crippen molar-refractivity contribution in [2.75, 3.05) is 0 Å². The number of rotatable bonds is 2. The normalized spacial score (nSPS) is 10.4. The predicted octanol–water partition coefficient (Wildman–Crippen LogP) is 3.18. The van der Waals surface area contributed by atoms with E-state index in [4.69, 9.17) is 5.26 Å². The number of aromatic nitrogens is 1. The van der Waals surface area contributed by atoms with Crippen molar-refractivity contribution in [3.63, 3.8) is 0 Å². The molecule has 0 atom stereocenters. The van der Waals surface area contributed by atoms with E-state index in [0.29, 0.717) is 16.6 Å². The summed E-state index contributed by atoms with van der Waals surface area (Å²) in [6.07, 6.45) is 1.47. The fourth-order valence-corrected chi connectivity index (χ4v) is 2.15. The van der Waals surface area contributed by atoms with Crippen LogP contribution in [0.3, 0.4) is 0 Å². The zero-order valence-corrected chi connectivity index (χ0v) is 10.4. The summed E-state index contributed by atoms with van der Waals surface area (Å²) in [5, 5.41) is 8.91. The number of halogens is 1. The van der Waals surface area contributed by atoms with Gasteiger partial charge in [0.25, 0.3) is 0 Å². The summed E-state index contributed by atoms with van der Waals surface area (Å²) < 4.78 is 15.5. The van der Waals surface area contributed by atoms with Gasteiger partial charge in [-0.1, -0.05) is 30.3 Å². The largest absolute Gasteiger partial charge is 0.310 e. The summed E-state index contributed by atoms with van der Waals surface area (Å²) in [6.45, 7) is 0. The topological polar surface area (TPSA) is 45.3 Å². The minimum atomic E-state index is -0.589. The van der Waals surface area contributed by atoms with Crippen LogP contribution in [0.1, 0.15) is 21.6 Å². The highest BCUT2D eigenvalue weighted by molar-refractivity contribution is 6.08. The summed E-state index contributed by atoms with van der Waals surface area (Å²) in [6, 6.07) is 15.0. The molecule has 0 unspecified atom stereocenters. The number of hydrogen-bond acceptors (Lipinski definition) is 2. The first-order valence-corrected chi connectivity index (χ1v) is 6.01. The molecule has 0 saturated carbocycles. The molecule has 0 spiro atoms. The second kappa shape index (κ2) is 4.63. The molecule has 3 aromatic rings. The molecule has 20 heavy (non-hydrogen) atoms. The van der Waals surface area contributed by atoms with Crippen LogP contribution >= 0.6 is 0 Å². The molecule has 0 amide bonds. The Labute approximate surface area is 114 Å². The highest BCUT2D eigenvalue weighted by atomic mass is 19.1. The minimum Gasteiger partial charge on any atom is -0.310 e. The smallest absolute Gasteiger partial charge is 0.212 e. The first-order valence-electron chi connectivity index (χ1n) is 6.01. The van der Waals surface area contributed by atoms with Crippen molar-refractivity contribution in [2.24, 2.45) is 0 Å². The molecule has 1 aromatic carbocycles. The molecule has 0 aliphatic rings. The Morgan fingerprint density at radius 2 is 1.90 bits per heavy atom. The standard InChI is InChI=1S/C16H9FN2O/c17-14-8-13-7-6-11(9-18)10-19(13)15(14)16(20)12-4-2-1-3-5-12/h1-8,10H. The van der Waals surface area contributed by atoms with Crippen LogP contribution in [0.2, 0.25) is 0 Å². The van der Waals surface area contributed by atoms with Gasteiger partial charge in [0.1, 0.15) is 11.8 Å². The van der Waals surface area contributed by atoms with Gasteiger partial charge in [-0.2, -0.15) is 5.26 Å². The monoisotopic (exact) mass is 264 g/mol. The molecule has 2 heterocycles. The lowest BCUT2D eigenvalue weighted by Crippen LogP contribution is -2.07. The first-order chi connectivity index (χ1) is 9.70. The number of benzene rings is 1. The molecule has 0 aliphatic carbocycles. The number of hydrogen-bond donors (Lipinski definition) is 0. The van der Waals surface area contributed by atoms with Gasteiger partial charge < -0.3 is 4.40 Å². The second-order valence-corrected chi connectivity index (χ2v) is 4.36. The number of nitrogens with zero attached hydrogens (tertiary/aromatic N) is 2. The highest BCUT2D eigenvalue weighted by Gasteiger charge is 2.19. The number of carbonyl (C=O) groups is 1. The SMILES string of the molecule is N#Cc1ccc2cc(F)c(C(=O)c3ccccc3)n2c1. The number of pyridine rings is 1. The van der Waals surface area contributed by atoms with E-state index in [1.54, 1.807) is 42.5 Å². The third kappa shape index (κ3) is 1.86. The third-order valence-corrected chi connectivity index (χ3v) is 3.10.